The molecule has 0 amide bonds. The summed E-state index contributed by atoms with van der Waals surface area (Å²) in [6.07, 6.45) is -1.98. The molecule has 0 rings (SSSR count). The van der Waals surface area contributed by atoms with Crippen molar-refractivity contribution in [3.05, 3.63) is 12.2 Å². The van der Waals surface area contributed by atoms with Crippen molar-refractivity contribution in [3.63, 3.8) is 0 Å². The van der Waals surface area contributed by atoms with Crippen LogP contribution in [0.5, 0.6) is 0 Å². The summed E-state index contributed by atoms with van der Waals surface area (Å²) in [5, 5.41) is 0. The van der Waals surface area contributed by atoms with Crippen LogP contribution in [-0.2, 0) is 14.3 Å². The van der Waals surface area contributed by atoms with E-state index in [4.69, 9.17) is 9.47 Å². The summed E-state index contributed by atoms with van der Waals surface area (Å²) in [5.74, 6) is -0.00898. The Bertz CT molecular complexity index is 319. The van der Waals surface area contributed by atoms with Crippen molar-refractivity contribution in [3.8, 4) is 0 Å². The van der Waals surface area contributed by atoms with E-state index in [0.717, 1.165) is 12.8 Å². The third-order valence-electron chi connectivity index (χ3n) is 2.68. The third kappa shape index (κ3) is 49.8. The molecule has 2 atom stereocenters. The number of rotatable bonds is 7. The lowest BCUT2D eigenvalue weighted by Gasteiger charge is -2.08. The number of Topliss-reactive ketones (excluding diaryl/α,β-unsaturated/α-hetero) is 1. The van der Waals surface area contributed by atoms with Gasteiger partial charge in [-0.1, -0.05) is 20.4 Å². The second kappa shape index (κ2) is 28.1. The van der Waals surface area contributed by atoms with Gasteiger partial charge in [-0.2, -0.15) is 13.2 Å². The van der Waals surface area contributed by atoms with Crippen LogP contribution in [0.25, 0.3) is 0 Å². The van der Waals surface area contributed by atoms with E-state index >= 15 is 0 Å². The summed E-state index contributed by atoms with van der Waals surface area (Å²) in [7, 11) is 2.23. The first-order valence-corrected chi connectivity index (χ1v) is 8.76. The van der Waals surface area contributed by atoms with Crippen molar-refractivity contribution in [2.24, 2.45) is 0 Å². The summed E-state index contributed by atoms with van der Waals surface area (Å²) in [5.41, 5.74) is 0.563. The maximum atomic E-state index is 10.9. The molecule has 0 aromatic carbocycles. The minimum atomic E-state index is -4.62. The molecule has 9 heteroatoms. The average Bonchev–Trinajstić information content (AvgIpc) is 2.67. The molecular formula is C19H38F6O3. The molecule has 0 saturated heterocycles. The summed E-state index contributed by atoms with van der Waals surface area (Å²) in [6.45, 7) is 12.5. The molecule has 0 bridgehead atoms. The van der Waals surface area contributed by atoms with E-state index in [-0.39, 0.29) is 25.2 Å². The lowest BCUT2D eigenvalue weighted by Crippen LogP contribution is -2.15. The minimum absolute atomic E-state index is 0.00898. The molecule has 174 valence electrons. The molecule has 0 spiro atoms. The highest BCUT2D eigenvalue weighted by Gasteiger charge is 2.26. The van der Waals surface area contributed by atoms with Gasteiger partial charge < -0.3 is 9.47 Å². The first-order chi connectivity index (χ1) is 12.9. The van der Waals surface area contributed by atoms with Gasteiger partial charge in [0, 0.05) is 7.11 Å². The highest BCUT2D eigenvalue weighted by atomic mass is 19.4. The largest absolute Gasteiger partial charge is 0.416 e. The van der Waals surface area contributed by atoms with Crippen LogP contribution in [0.15, 0.2) is 12.2 Å². The third-order valence-corrected chi connectivity index (χ3v) is 2.68. The van der Waals surface area contributed by atoms with Crippen LogP contribution in [0.3, 0.4) is 0 Å². The fourth-order valence-corrected chi connectivity index (χ4v) is 0.626. The van der Waals surface area contributed by atoms with Crippen molar-refractivity contribution < 1.29 is 40.6 Å². The second-order valence-electron chi connectivity index (χ2n) is 5.20. The van der Waals surface area contributed by atoms with Gasteiger partial charge in [0.15, 0.2) is 12.5 Å². The van der Waals surface area contributed by atoms with Gasteiger partial charge in [0.2, 0.25) is 0 Å². The van der Waals surface area contributed by atoms with Crippen LogP contribution in [0.4, 0.5) is 26.3 Å². The molecule has 0 aliphatic rings. The molecule has 0 aromatic heterocycles. The van der Waals surface area contributed by atoms with Crippen molar-refractivity contribution in [1.29, 1.82) is 0 Å². The molecule has 2 unspecified atom stereocenters. The van der Waals surface area contributed by atoms with Gasteiger partial charge in [0.25, 0.3) is 0 Å². The Morgan fingerprint density at radius 2 is 1.32 bits per heavy atom. The van der Waals surface area contributed by atoms with E-state index in [1.165, 1.54) is 6.92 Å². The minimum Gasteiger partial charge on any atom is -0.382 e. The molecule has 0 aliphatic heterocycles. The number of carbonyl (C=O) groups excluding carboxylic acids is 1. The maximum absolute atomic E-state index is 10.9. The van der Waals surface area contributed by atoms with Crippen LogP contribution in [0.2, 0.25) is 0 Å². The molecule has 0 N–H and O–H groups in total. The Morgan fingerprint density at radius 1 is 1.00 bits per heavy atom. The quantitative estimate of drug-likeness (QED) is 0.345. The van der Waals surface area contributed by atoms with Gasteiger partial charge in [-0.15, -0.1) is 0 Å². The van der Waals surface area contributed by atoms with Crippen LogP contribution >= 0.6 is 0 Å². The van der Waals surface area contributed by atoms with E-state index < -0.39 is 12.9 Å². The number of hydrogen-bond acceptors (Lipinski definition) is 3. The zero-order valence-electron chi connectivity index (χ0n) is 18.4. The number of halogens is 6. The van der Waals surface area contributed by atoms with E-state index in [9.17, 15) is 31.1 Å². The van der Waals surface area contributed by atoms with E-state index in [1.54, 1.807) is 14.0 Å². The molecule has 0 heterocycles. The van der Waals surface area contributed by atoms with Crippen LogP contribution in [-0.4, -0.2) is 58.4 Å². The number of ketones is 1. The van der Waals surface area contributed by atoms with Gasteiger partial charge >= 0.3 is 6.18 Å². The molecule has 0 radical (unpaired) electrons. The summed E-state index contributed by atoms with van der Waals surface area (Å²) in [6, 6.07) is 0. The summed E-state index contributed by atoms with van der Waals surface area (Å²) < 4.78 is 71.5. The van der Waals surface area contributed by atoms with Gasteiger partial charge in [0.1, 0.15) is 6.61 Å². The Hall–Kier alpha value is -1.09. The highest BCUT2D eigenvalue weighted by molar-refractivity contribution is 5.95. The highest BCUT2D eigenvalue weighted by Crippen LogP contribution is 2.13. The normalized spacial score (nSPS) is 11.5. The van der Waals surface area contributed by atoms with Gasteiger partial charge in [-0.05, 0) is 46.1 Å². The first kappa shape index (κ1) is 37.6. The smallest absolute Gasteiger partial charge is 0.382 e. The predicted molar refractivity (Wildman–Crippen MR) is 103 cm³/mol. The zero-order chi connectivity index (χ0) is 23.8. The Kier molecular flexibility index (Phi) is 37.8. The van der Waals surface area contributed by atoms with Crippen molar-refractivity contribution in [2.75, 3.05) is 34.2 Å². The lowest BCUT2D eigenvalue weighted by atomic mass is 10.2. The fraction of sp³-hybridized carbons (Fsp3) is 0.842. The Labute approximate surface area is 166 Å². The number of alkyl halides is 6. The van der Waals surface area contributed by atoms with E-state index in [0.29, 0.717) is 18.9 Å². The van der Waals surface area contributed by atoms with Crippen LogP contribution in [0.1, 0.15) is 54.4 Å². The first-order valence-electron chi connectivity index (χ1n) is 8.76. The van der Waals surface area contributed by atoms with E-state index in [2.05, 4.69) is 20.4 Å². The zero-order valence-corrected chi connectivity index (χ0v) is 18.4. The lowest BCUT2D eigenvalue weighted by molar-refractivity contribution is -0.142. The van der Waals surface area contributed by atoms with Gasteiger partial charge in [-0.3, -0.25) is 13.6 Å². The molecule has 0 aromatic rings. The van der Waals surface area contributed by atoms with Gasteiger partial charge in [-0.25, -0.2) is 4.39 Å². The summed E-state index contributed by atoms with van der Waals surface area (Å²) in [4.78, 5) is 10.9. The Balaban J connectivity index is -0.0000000890. The number of methoxy groups -OCH3 is 1. The average molecular weight is 428 g/mol. The molecule has 0 saturated carbocycles. The molecule has 3 nitrogen and oxygen atoms in total. The SMILES string of the molecule is C=C(C)C(=O)COC(C)CC.CCC(C)OC.CCF.CF.FCC(F)(F)F. The van der Waals surface area contributed by atoms with E-state index in [1.807, 2.05) is 13.8 Å². The van der Waals surface area contributed by atoms with Crippen LogP contribution < -0.4 is 0 Å². The molecule has 0 aliphatic carbocycles. The number of ether oxygens (including phenoxy) is 2. The molecular weight excluding hydrogens is 390 g/mol. The maximum Gasteiger partial charge on any atom is 0.416 e. The number of hydrogen-bond donors (Lipinski definition) is 0. The second-order valence-corrected chi connectivity index (χ2v) is 5.20. The van der Waals surface area contributed by atoms with Gasteiger partial charge in [0.05, 0.1) is 26.1 Å². The molecule has 28 heavy (non-hydrogen) atoms. The standard InChI is InChI=1S/C9H16O2.C5H12O.C2H2F4.C2H5F.CH3F/c1-5-8(4)11-6-9(10)7(2)3;1-4-5(2)6-3;3-1-2(4,5)6;1-2-3;1-2/h8H,2,5-6H2,1,3-4H3;5H,4H2,1-3H3;1H2;2H2,1H3;1H3. The predicted octanol–water partition coefficient (Wildman–Crippen LogP) is 6.46. The van der Waals surface area contributed by atoms with Crippen molar-refractivity contribution in [1.82, 2.24) is 0 Å². The molecule has 0 fully saturated rings. The Morgan fingerprint density at radius 3 is 1.46 bits per heavy atom. The summed E-state index contributed by atoms with van der Waals surface area (Å²) >= 11 is 0. The van der Waals surface area contributed by atoms with Crippen molar-refractivity contribution >= 4 is 5.78 Å². The fourth-order valence-electron chi connectivity index (χ4n) is 0.626. The number of carbonyl (C=O) groups is 1. The van der Waals surface area contributed by atoms with Crippen LogP contribution in [0, 0.1) is 0 Å². The topological polar surface area (TPSA) is 35.5 Å². The van der Waals surface area contributed by atoms with Crippen molar-refractivity contribution in [2.45, 2.75) is 72.8 Å². The monoisotopic (exact) mass is 428 g/mol.